The van der Waals surface area contributed by atoms with Gasteiger partial charge < -0.3 is 9.53 Å². The first-order valence-electron chi connectivity index (χ1n) is 5.91. The van der Waals surface area contributed by atoms with Crippen molar-refractivity contribution in [3.05, 3.63) is 29.6 Å². The van der Waals surface area contributed by atoms with E-state index in [-0.39, 0.29) is 23.6 Å². The molecule has 0 aliphatic rings. The van der Waals surface area contributed by atoms with Crippen molar-refractivity contribution >= 4 is 11.8 Å². The first kappa shape index (κ1) is 15.2. The first-order chi connectivity index (χ1) is 9.00. The lowest BCUT2D eigenvalue weighted by Crippen LogP contribution is -2.07. The highest BCUT2D eigenvalue weighted by atomic mass is 19.3. The highest BCUT2D eigenvalue weighted by Crippen LogP contribution is 2.16. The average molecular weight is 271 g/mol. The molecular weight excluding hydrogens is 256 g/mol. The summed E-state index contributed by atoms with van der Waals surface area (Å²) in [5.41, 5.74) is -0.242. The van der Waals surface area contributed by atoms with Crippen LogP contribution >= 0.6 is 0 Å². The first-order valence-corrected chi connectivity index (χ1v) is 5.91. The highest BCUT2D eigenvalue weighted by Gasteiger charge is 2.11. The Hall–Kier alpha value is -1.85. The van der Waals surface area contributed by atoms with Crippen molar-refractivity contribution in [3.63, 3.8) is 0 Å². The number of pyridine rings is 1. The van der Waals surface area contributed by atoms with Gasteiger partial charge in [-0.15, -0.1) is 0 Å². The summed E-state index contributed by atoms with van der Waals surface area (Å²) in [5.74, 6) is -0.505. The lowest BCUT2D eigenvalue weighted by atomic mass is 10.2. The fourth-order valence-electron chi connectivity index (χ4n) is 1.38. The number of esters is 1. The smallest absolute Gasteiger partial charge is 0.339 e. The number of Topliss-reactive ketones (excluding diaryl/α,β-unsaturated/α-hetero) is 1. The van der Waals surface area contributed by atoms with Gasteiger partial charge in [0.25, 0.3) is 6.43 Å². The number of carbonyl (C=O) groups excluding carboxylic acids is 2. The third-order valence-corrected chi connectivity index (χ3v) is 2.40. The van der Waals surface area contributed by atoms with Crippen LogP contribution in [0.2, 0.25) is 0 Å². The number of rotatable bonds is 7. The number of aromatic nitrogens is 1. The minimum atomic E-state index is -2.66. The van der Waals surface area contributed by atoms with Crippen LogP contribution in [-0.4, -0.2) is 23.3 Å². The van der Waals surface area contributed by atoms with Gasteiger partial charge in [-0.2, -0.15) is 0 Å². The summed E-state index contributed by atoms with van der Waals surface area (Å²) in [4.78, 5) is 25.6. The van der Waals surface area contributed by atoms with Gasteiger partial charge >= 0.3 is 5.97 Å². The molecule has 4 nitrogen and oxygen atoms in total. The van der Waals surface area contributed by atoms with Gasteiger partial charge in [-0.3, -0.25) is 4.98 Å². The van der Waals surface area contributed by atoms with Crippen molar-refractivity contribution in [2.75, 3.05) is 6.61 Å². The molecule has 0 saturated carbocycles. The number of alkyl halides is 2. The molecule has 1 heterocycles. The summed E-state index contributed by atoms with van der Waals surface area (Å²) in [5, 5.41) is 0. The van der Waals surface area contributed by atoms with E-state index in [4.69, 9.17) is 4.74 Å². The van der Waals surface area contributed by atoms with Gasteiger partial charge in [0, 0.05) is 12.6 Å². The predicted molar refractivity (Wildman–Crippen MR) is 64.0 cm³/mol. The van der Waals surface area contributed by atoms with Gasteiger partial charge in [0.2, 0.25) is 0 Å². The minimum Gasteiger partial charge on any atom is -0.462 e. The van der Waals surface area contributed by atoms with Crippen molar-refractivity contribution in [1.29, 1.82) is 0 Å². The number of carbonyl (C=O) groups is 2. The van der Waals surface area contributed by atoms with E-state index in [2.05, 4.69) is 4.98 Å². The monoisotopic (exact) mass is 271 g/mol. The van der Waals surface area contributed by atoms with E-state index in [1.54, 1.807) is 0 Å². The molecule has 6 heteroatoms. The van der Waals surface area contributed by atoms with Crippen LogP contribution in [0.15, 0.2) is 18.3 Å². The minimum absolute atomic E-state index is 0.0955. The molecule has 0 fully saturated rings. The molecule has 0 N–H and O–H groups in total. The largest absolute Gasteiger partial charge is 0.462 e. The van der Waals surface area contributed by atoms with Gasteiger partial charge in [-0.25, -0.2) is 13.6 Å². The average Bonchev–Trinajstić information content (AvgIpc) is 2.37. The molecule has 104 valence electrons. The molecule has 0 amide bonds. The van der Waals surface area contributed by atoms with Gasteiger partial charge in [0.15, 0.2) is 0 Å². The van der Waals surface area contributed by atoms with Crippen LogP contribution in [0.4, 0.5) is 8.78 Å². The van der Waals surface area contributed by atoms with Crippen molar-refractivity contribution < 1.29 is 23.1 Å². The van der Waals surface area contributed by atoms with E-state index in [0.717, 1.165) is 12.3 Å². The van der Waals surface area contributed by atoms with Gasteiger partial charge in [0.05, 0.1) is 12.2 Å². The van der Waals surface area contributed by atoms with Crippen LogP contribution in [0.1, 0.15) is 48.7 Å². The van der Waals surface area contributed by atoms with Crippen LogP contribution in [0.5, 0.6) is 0 Å². The summed E-state index contributed by atoms with van der Waals surface area (Å²) in [6.45, 7) is 1.70. The van der Waals surface area contributed by atoms with E-state index < -0.39 is 12.4 Å². The molecule has 19 heavy (non-hydrogen) atoms. The molecule has 0 spiro atoms. The highest BCUT2D eigenvalue weighted by molar-refractivity contribution is 5.88. The maximum absolute atomic E-state index is 12.2. The Labute approximate surface area is 109 Å². The molecule has 1 aromatic heterocycles. The normalized spacial score (nSPS) is 10.5. The Bertz CT molecular complexity index is 432. The molecule has 0 bridgehead atoms. The number of halogens is 2. The summed E-state index contributed by atoms with van der Waals surface area (Å²) >= 11 is 0. The quantitative estimate of drug-likeness (QED) is 0.565. The van der Waals surface area contributed by atoms with Gasteiger partial charge in [0.1, 0.15) is 11.5 Å². The van der Waals surface area contributed by atoms with Gasteiger partial charge in [-0.1, -0.05) is 0 Å². The van der Waals surface area contributed by atoms with Crippen LogP contribution in [-0.2, 0) is 9.53 Å². The van der Waals surface area contributed by atoms with Crippen molar-refractivity contribution in [2.45, 2.75) is 32.6 Å². The van der Waals surface area contributed by atoms with E-state index >= 15 is 0 Å². The summed E-state index contributed by atoms with van der Waals surface area (Å²) < 4.78 is 29.4. The third-order valence-electron chi connectivity index (χ3n) is 2.40. The molecule has 0 saturated heterocycles. The fourth-order valence-corrected chi connectivity index (χ4v) is 1.38. The maximum atomic E-state index is 12.2. The number of nitrogens with zero attached hydrogens (tertiary/aromatic N) is 1. The molecule has 0 radical (unpaired) electrons. The Morgan fingerprint density at radius 3 is 2.58 bits per heavy atom. The van der Waals surface area contributed by atoms with Crippen molar-refractivity contribution in [2.24, 2.45) is 0 Å². The zero-order chi connectivity index (χ0) is 14.3. The molecule has 0 aliphatic carbocycles. The summed E-state index contributed by atoms with van der Waals surface area (Å²) in [6.07, 6.45) is 0.123. The van der Waals surface area contributed by atoms with Crippen LogP contribution in [0.3, 0.4) is 0 Å². The zero-order valence-electron chi connectivity index (χ0n) is 10.6. The summed E-state index contributed by atoms with van der Waals surface area (Å²) in [6, 6.07) is 2.35. The predicted octanol–water partition coefficient (Wildman–Crippen LogP) is 2.94. The van der Waals surface area contributed by atoms with Crippen LogP contribution < -0.4 is 0 Å². The lowest BCUT2D eigenvalue weighted by Gasteiger charge is -2.05. The zero-order valence-corrected chi connectivity index (χ0v) is 10.6. The second-order valence-corrected chi connectivity index (χ2v) is 4.07. The van der Waals surface area contributed by atoms with E-state index in [1.165, 1.54) is 13.0 Å². The molecule has 1 aromatic rings. The van der Waals surface area contributed by atoms with Crippen LogP contribution in [0.25, 0.3) is 0 Å². The fraction of sp³-hybridized carbons (Fsp3) is 0.462. The lowest BCUT2D eigenvalue weighted by molar-refractivity contribution is -0.117. The number of ketones is 1. The number of unbranched alkanes of at least 4 members (excludes halogenated alkanes) is 1. The standard InChI is InChI=1S/C13H15F2NO3/c1-9(17)4-2-3-7-19-13(18)10-5-6-11(12(14)15)16-8-10/h5-6,8,12H,2-4,7H2,1H3. The summed E-state index contributed by atoms with van der Waals surface area (Å²) in [7, 11) is 0. The number of hydrogen-bond donors (Lipinski definition) is 0. The molecule has 0 aliphatic heterocycles. The molecular formula is C13H15F2NO3. The maximum Gasteiger partial charge on any atom is 0.339 e. The third kappa shape index (κ3) is 5.54. The molecule has 1 rings (SSSR count). The van der Waals surface area contributed by atoms with Crippen LogP contribution in [0, 0.1) is 0 Å². The molecule has 0 atom stereocenters. The Morgan fingerprint density at radius 1 is 1.32 bits per heavy atom. The van der Waals surface area contributed by atoms with Crippen molar-refractivity contribution in [3.8, 4) is 0 Å². The Morgan fingerprint density at radius 2 is 2.05 bits per heavy atom. The number of ether oxygens (including phenoxy) is 1. The van der Waals surface area contributed by atoms with E-state index in [0.29, 0.717) is 19.3 Å². The topological polar surface area (TPSA) is 56.3 Å². The van der Waals surface area contributed by atoms with E-state index in [9.17, 15) is 18.4 Å². The molecule has 0 unspecified atom stereocenters. The molecule has 0 aromatic carbocycles. The SMILES string of the molecule is CC(=O)CCCCOC(=O)c1ccc(C(F)F)nc1. The number of hydrogen-bond acceptors (Lipinski definition) is 4. The Kier molecular flexibility index (Phi) is 6.05. The van der Waals surface area contributed by atoms with Crippen molar-refractivity contribution in [1.82, 2.24) is 4.98 Å². The Balaban J connectivity index is 2.35. The van der Waals surface area contributed by atoms with Gasteiger partial charge in [-0.05, 0) is 31.9 Å². The van der Waals surface area contributed by atoms with E-state index in [1.807, 2.05) is 0 Å². The second kappa shape index (κ2) is 7.56. The second-order valence-electron chi connectivity index (χ2n) is 4.07.